The molecule has 2 aliphatic rings. The second-order valence-corrected chi connectivity index (χ2v) is 3.16. The van der Waals surface area contributed by atoms with E-state index in [1.165, 1.54) is 12.8 Å². The van der Waals surface area contributed by atoms with Crippen LogP contribution < -0.4 is 5.32 Å². The SMILES string of the molecule is C1CN[C@H](COB2OCCO2)C1. The second kappa shape index (κ2) is 4.23. The third-order valence-electron chi connectivity index (χ3n) is 2.19. The van der Waals surface area contributed by atoms with Gasteiger partial charge in [-0.3, -0.25) is 0 Å². The zero-order chi connectivity index (χ0) is 8.23. The zero-order valence-electron chi connectivity index (χ0n) is 7.12. The van der Waals surface area contributed by atoms with Gasteiger partial charge in [0.05, 0.1) is 13.2 Å². The zero-order valence-corrected chi connectivity index (χ0v) is 7.12. The highest BCUT2D eigenvalue weighted by Crippen LogP contribution is 2.07. The van der Waals surface area contributed by atoms with E-state index in [1.807, 2.05) is 0 Å². The Kier molecular flexibility index (Phi) is 3.00. The maximum Gasteiger partial charge on any atom is 0.639 e. The maximum absolute atomic E-state index is 5.38. The first-order valence-corrected chi connectivity index (χ1v) is 4.53. The fourth-order valence-electron chi connectivity index (χ4n) is 1.53. The van der Waals surface area contributed by atoms with E-state index in [2.05, 4.69) is 5.32 Å². The first kappa shape index (κ1) is 8.50. The van der Waals surface area contributed by atoms with Crippen molar-refractivity contribution in [3.63, 3.8) is 0 Å². The fourth-order valence-corrected chi connectivity index (χ4v) is 1.53. The van der Waals surface area contributed by atoms with Gasteiger partial charge in [-0.2, -0.15) is 0 Å². The summed E-state index contributed by atoms with van der Waals surface area (Å²) in [6.45, 7) is 3.12. The molecule has 0 aromatic rings. The van der Waals surface area contributed by atoms with Crippen molar-refractivity contribution in [3.05, 3.63) is 0 Å². The molecule has 5 heteroatoms. The summed E-state index contributed by atoms with van der Waals surface area (Å²) >= 11 is 0. The van der Waals surface area contributed by atoms with E-state index >= 15 is 0 Å². The average Bonchev–Trinajstić information content (AvgIpc) is 2.74. The Morgan fingerprint density at radius 1 is 1.42 bits per heavy atom. The molecule has 0 radical (unpaired) electrons. The van der Waals surface area contributed by atoms with E-state index in [1.54, 1.807) is 0 Å². The molecule has 2 rings (SSSR count). The molecular weight excluding hydrogens is 157 g/mol. The van der Waals surface area contributed by atoms with Gasteiger partial charge in [0, 0.05) is 12.6 Å². The highest BCUT2D eigenvalue weighted by Gasteiger charge is 2.28. The van der Waals surface area contributed by atoms with Crippen LogP contribution in [0.4, 0.5) is 0 Å². The van der Waals surface area contributed by atoms with Crippen LogP contribution in [-0.2, 0) is 14.0 Å². The summed E-state index contributed by atoms with van der Waals surface area (Å²) in [5.41, 5.74) is 0. The van der Waals surface area contributed by atoms with Gasteiger partial charge in [-0.15, -0.1) is 0 Å². The van der Waals surface area contributed by atoms with Gasteiger partial charge in [0.1, 0.15) is 0 Å². The number of nitrogens with one attached hydrogen (secondary N) is 1. The van der Waals surface area contributed by atoms with Crippen LogP contribution in [0.1, 0.15) is 12.8 Å². The number of hydrogen-bond donors (Lipinski definition) is 1. The Bertz CT molecular complexity index is 119. The second-order valence-electron chi connectivity index (χ2n) is 3.16. The Morgan fingerprint density at radius 3 is 2.92 bits per heavy atom. The highest BCUT2D eigenvalue weighted by atomic mass is 16.8. The average molecular weight is 171 g/mol. The van der Waals surface area contributed by atoms with E-state index in [0.29, 0.717) is 25.9 Å². The van der Waals surface area contributed by atoms with Gasteiger partial charge in [-0.05, 0) is 19.4 Å². The van der Waals surface area contributed by atoms with Crippen LogP contribution in [0.2, 0.25) is 0 Å². The van der Waals surface area contributed by atoms with Crippen LogP contribution in [0.15, 0.2) is 0 Å². The van der Waals surface area contributed by atoms with Crippen molar-refractivity contribution in [1.29, 1.82) is 0 Å². The molecule has 0 aliphatic carbocycles. The minimum Gasteiger partial charge on any atom is -0.384 e. The monoisotopic (exact) mass is 171 g/mol. The number of hydrogen-bond acceptors (Lipinski definition) is 4. The van der Waals surface area contributed by atoms with Gasteiger partial charge >= 0.3 is 7.32 Å². The molecule has 2 fully saturated rings. The summed E-state index contributed by atoms with van der Waals surface area (Å²) in [6.07, 6.45) is 2.45. The lowest BCUT2D eigenvalue weighted by Gasteiger charge is -2.11. The van der Waals surface area contributed by atoms with E-state index in [0.717, 1.165) is 6.54 Å². The summed E-state index contributed by atoms with van der Waals surface area (Å²) in [5, 5.41) is 3.34. The topological polar surface area (TPSA) is 39.7 Å². The maximum atomic E-state index is 5.38. The van der Waals surface area contributed by atoms with E-state index in [9.17, 15) is 0 Å². The van der Waals surface area contributed by atoms with Gasteiger partial charge in [-0.1, -0.05) is 0 Å². The molecule has 0 aromatic carbocycles. The molecule has 2 aliphatic heterocycles. The fraction of sp³-hybridized carbons (Fsp3) is 1.00. The van der Waals surface area contributed by atoms with Crippen LogP contribution in [0.3, 0.4) is 0 Å². The number of rotatable bonds is 3. The van der Waals surface area contributed by atoms with E-state index in [4.69, 9.17) is 14.0 Å². The van der Waals surface area contributed by atoms with Crippen LogP contribution >= 0.6 is 0 Å². The largest absolute Gasteiger partial charge is 0.639 e. The summed E-state index contributed by atoms with van der Waals surface area (Å²) < 4.78 is 15.7. The van der Waals surface area contributed by atoms with Crippen molar-refractivity contribution >= 4 is 7.32 Å². The normalized spacial score (nSPS) is 30.0. The summed E-state index contributed by atoms with van der Waals surface area (Å²) in [6, 6.07) is 0.498. The molecule has 12 heavy (non-hydrogen) atoms. The predicted octanol–water partition coefficient (Wildman–Crippen LogP) is -0.213. The Balaban J connectivity index is 1.60. The molecule has 0 aromatic heterocycles. The van der Waals surface area contributed by atoms with Crippen LogP contribution in [-0.4, -0.2) is 39.7 Å². The molecule has 0 bridgehead atoms. The molecule has 2 heterocycles. The van der Waals surface area contributed by atoms with Gasteiger partial charge in [-0.25, -0.2) is 0 Å². The summed E-state index contributed by atoms with van der Waals surface area (Å²) in [4.78, 5) is 0. The van der Waals surface area contributed by atoms with Crippen molar-refractivity contribution in [2.45, 2.75) is 18.9 Å². The molecule has 0 saturated carbocycles. The van der Waals surface area contributed by atoms with Crippen molar-refractivity contribution in [2.75, 3.05) is 26.4 Å². The third-order valence-corrected chi connectivity index (χ3v) is 2.19. The van der Waals surface area contributed by atoms with E-state index < -0.39 is 7.32 Å². The van der Waals surface area contributed by atoms with Crippen LogP contribution in [0, 0.1) is 0 Å². The molecular formula is C7H14BNO3. The molecule has 0 spiro atoms. The third kappa shape index (κ3) is 2.20. The Labute approximate surface area is 72.7 Å². The van der Waals surface area contributed by atoms with Crippen molar-refractivity contribution < 1.29 is 14.0 Å². The lowest BCUT2D eigenvalue weighted by atomic mass is 10.2. The van der Waals surface area contributed by atoms with Crippen molar-refractivity contribution in [1.82, 2.24) is 5.32 Å². The first-order valence-electron chi connectivity index (χ1n) is 4.53. The van der Waals surface area contributed by atoms with Gasteiger partial charge in [0.2, 0.25) is 0 Å². The van der Waals surface area contributed by atoms with Crippen LogP contribution in [0.5, 0.6) is 0 Å². The minimum absolute atomic E-state index is 0.410. The smallest absolute Gasteiger partial charge is 0.384 e. The molecule has 4 nitrogen and oxygen atoms in total. The lowest BCUT2D eigenvalue weighted by Crippen LogP contribution is -2.31. The highest BCUT2D eigenvalue weighted by molar-refractivity contribution is 6.36. The lowest BCUT2D eigenvalue weighted by molar-refractivity contribution is 0.164. The first-order chi connectivity index (χ1) is 5.95. The molecule has 68 valence electrons. The Hall–Kier alpha value is -0.0951. The minimum atomic E-state index is -0.410. The van der Waals surface area contributed by atoms with Gasteiger partial charge in [0.25, 0.3) is 0 Å². The van der Waals surface area contributed by atoms with E-state index in [-0.39, 0.29) is 0 Å². The quantitative estimate of drug-likeness (QED) is 0.596. The molecule has 2 saturated heterocycles. The summed E-state index contributed by atoms with van der Waals surface area (Å²) in [7, 11) is -0.410. The summed E-state index contributed by atoms with van der Waals surface area (Å²) in [5.74, 6) is 0. The Morgan fingerprint density at radius 2 is 2.25 bits per heavy atom. The molecule has 0 unspecified atom stereocenters. The predicted molar refractivity (Wildman–Crippen MR) is 44.6 cm³/mol. The van der Waals surface area contributed by atoms with Crippen molar-refractivity contribution in [3.8, 4) is 0 Å². The molecule has 0 amide bonds. The standard InChI is InChI=1S/C7H14BNO3/c1-2-7(9-3-1)6-12-8-10-4-5-11-8/h7,9H,1-6H2/t7-/m0/s1. The van der Waals surface area contributed by atoms with Crippen LogP contribution in [0.25, 0.3) is 0 Å². The van der Waals surface area contributed by atoms with Gasteiger partial charge in [0.15, 0.2) is 0 Å². The molecule has 1 N–H and O–H groups in total. The molecule has 1 atom stereocenters. The van der Waals surface area contributed by atoms with Crippen molar-refractivity contribution in [2.24, 2.45) is 0 Å². The van der Waals surface area contributed by atoms with Gasteiger partial charge < -0.3 is 19.3 Å².